The van der Waals surface area contributed by atoms with E-state index in [4.69, 9.17) is 4.98 Å². The maximum atomic E-state index is 4.69. The van der Waals surface area contributed by atoms with Crippen LogP contribution in [0.2, 0.25) is 0 Å². The molecule has 0 spiro atoms. The van der Waals surface area contributed by atoms with Crippen LogP contribution in [0.15, 0.2) is 30.6 Å². The minimum absolute atomic E-state index is 0.143. The van der Waals surface area contributed by atoms with Gasteiger partial charge in [0, 0.05) is 14.1 Å². The quantitative estimate of drug-likeness (QED) is 0.781. The van der Waals surface area contributed by atoms with E-state index in [1.54, 1.807) is 6.33 Å². The summed E-state index contributed by atoms with van der Waals surface area (Å²) in [6.07, 6.45) is 1.71. The summed E-state index contributed by atoms with van der Waals surface area (Å²) in [5.41, 5.74) is 2.17. The summed E-state index contributed by atoms with van der Waals surface area (Å²) in [6.45, 7) is 2.78. The van der Waals surface area contributed by atoms with Crippen molar-refractivity contribution in [2.75, 3.05) is 0 Å². The Labute approximate surface area is 117 Å². The highest BCUT2D eigenvalue weighted by atomic mass is 15.3. The van der Waals surface area contributed by atoms with Gasteiger partial charge in [-0.25, -0.2) is 4.98 Å². The molecule has 1 atom stereocenters. The molecular formula is C14H18N6. The summed E-state index contributed by atoms with van der Waals surface area (Å²) in [5.74, 6) is 1.93. The molecule has 0 bridgehead atoms. The average molecular weight is 270 g/mol. The van der Waals surface area contributed by atoms with E-state index in [1.165, 1.54) is 0 Å². The van der Waals surface area contributed by atoms with Gasteiger partial charge in [0.2, 0.25) is 0 Å². The number of rotatable bonds is 4. The lowest BCUT2D eigenvalue weighted by atomic mass is 10.3. The number of nitrogens with one attached hydrogen (secondary N) is 1. The first-order valence-corrected chi connectivity index (χ1v) is 6.64. The topological polar surface area (TPSA) is 60.6 Å². The molecule has 0 aliphatic heterocycles. The van der Waals surface area contributed by atoms with Crippen LogP contribution in [0, 0.1) is 0 Å². The first-order valence-electron chi connectivity index (χ1n) is 6.64. The minimum atomic E-state index is 0.143. The van der Waals surface area contributed by atoms with Crippen LogP contribution in [0.25, 0.3) is 11.0 Å². The normalized spacial score (nSPS) is 12.9. The number of hydrogen-bond acceptors (Lipinski definition) is 4. The van der Waals surface area contributed by atoms with E-state index in [1.807, 2.05) is 36.9 Å². The third-order valence-corrected chi connectivity index (χ3v) is 3.58. The van der Waals surface area contributed by atoms with Gasteiger partial charge < -0.3 is 14.5 Å². The Bertz CT molecular complexity index is 726. The molecule has 0 aliphatic rings. The average Bonchev–Trinajstić information content (AvgIpc) is 3.01. The summed E-state index contributed by atoms with van der Waals surface area (Å²) in [5, 5.41) is 11.4. The molecule has 104 valence electrons. The molecular weight excluding hydrogens is 252 g/mol. The van der Waals surface area contributed by atoms with E-state index in [2.05, 4.69) is 33.1 Å². The third-order valence-electron chi connectivity index (χ3n) is 3.58. The van der Waals surface area contributed by atoms with E-state index >= 15 is 0 Å². The number of aryl methyl sites for hydroxylation is 2. The molecule has 6 heteroatoms. The number of hydrogen-bond donors (Lipinski definition) is 1. The van der Waals surface area contributed by atoms with Gasteiger partial charge in [0.15, 0.2) is 0 Å². The van der Waals surface area contributed by atoms with Gasteiger partial charge in [-0.05, 0) is 19.1 Å². The number of fused-ring (bicyclic) bond motifs is 1. The van der Waals surface area contributed by atoms with Gasteiger partial charge in [-0.2, -0.15) is 0 Å². The summed E-state index contributed by atoms with van der Waals surface area (Å²) in [4.78, 5) is 4.69. The number of nitrogens with zero attached hydrogens (tertiary/aromatic N) is 5. The molecule has 3 rings (SSSR count). The van der Waals surface area contributed by atoms with Crippen molar-refractivity contribution < 1.29 is 0 Å². The monoisotopic (exact) mass is 270 g/mol. The van der Waals surface area contributed by atoms with E-state index in [0.29, 0.717) is 6.54 Å². The van der Waals surface area contributed by atoms with Crippen molar-refractivity contribution in [3.63, 3.8) is 0 Å². The van der Waals surface area contributed by atoms with E-state index in [-0.39, 0.29) is 6.04 Å². The van der Waals surface area contributed by atoms with Crippen molar-refractivity contribution in [3.8, 4) is 0 Å². The summed E-state index contributed by atoms with van der Waals surface area (Å²) < 4.78 is 4.04. The number of para-hydroxylation sites is 2. The second-order valence-electron chi connectivity index (χ2n) is 4.98. The number of aromatic nitrogens is 5. The van der Waals surface area contributed by atoms with Crippen LogP contribution in [0.1, 0.15) is 24.6 Å². The Morgan fingerprint density at radius 3 is 2.75 bits per heavy atom. The van der Waals surface area contributed by atoms with Crippen LogP contribution in [0.3, 0.4) is 0 Å². The van der Waals surface area contributed by atoms with Gasteiger partial charge in [0.25, 0.3) is 0 Å². The first kappa shape index (κ1) is 12.8. The van der Waals surface area contributed by atoms with Crippen LogP contribution in [0.4, 0.5) is 0 Å². The zero-order valence-electron chi connectivity index (χ0n) is 11.9. The van der Waals surface area contributed by atoms with Gasteiger partial charge in [-0.1, -0.05) is 12.1 Å². The highest BCUT2D eigenvalue weighted by molar-refractivity contribution is 5.75. The van der Waals surface area contributed by atoms with Crippen molar-refractivity contribution in [1.82, 2.24) is 29.6 Å². The molecule has 1 N–H and O–H groups in total. The van der Waals surface area contributed by atoms with Crippen LogP contribution in [-0.4, -0.2) is 24.3 Å². The summed E-state index contributed by atoms with van der Waals surface area (Å²) in [7, 11) is 3.99. The van der Waals surface area contributed by atoms with Crippen molar-refractivity contribution in [3.05, 3.63) is 42.2 Å². The summed E-state index contributed by atoms with van der Waals surface area (Å²) >= 11 is 0. The van der Waals surface area contributed by atoms with Gasteiger partial charge in [-0.15, -0.1) is 10.2 Å². The van der Waals surface area contributed by atoms with Crippen LogP contribution in [-0.2, 0) is 20.6 Å². The molecule has 0 amide bonds. The molecule has 1 aromatic carbocycles. The lowest BCUT2D eigenvalue weighted by molar-refractivity contribution is 0.514. The fourth-order valence-electron chi connectivity index (χ4n) is 2.35. The lowest BCUT2D eigenvalue weighted by Crippen LogP contribution is -2.22. The van der Waals surface area contributed by atoms with E-state index in [9.17, 15) is 0 Å². The second-order valence-corrected chi connectivity index (χ2v) is 4.98. The first-order chi connectivity index (χ1) is 9.66. The second kappa shape index (κ2) is 5.05. The Hall–Kier alpha value is -2.21. The molecule has 0 radical (unpaired) electrons. The standard InChI is InChI=1S/C14H18N6/c1-10(15-8-13-18-16-9-19(13)2)14-17-11-6-4-5-7-12(11)20(14)3/h4-7,9-10,15H,8H2,1-3H3. The van der Waals surface area contributed by atoms with Crippen LogP contribution >= 0.6 is 0 Å². The minimum Gasteiger partial charge on any atom is -0.330 e. The zero-order valence-corrected chi connectivity index (χ0v) is 11.9. The van der Waals surface area contributed by atoms with Gasteiger partial charge in [-0.3, -0.25) is 0 Å². The SMILES string of the molecule is CC(NCc1nncn1C)c1nc2ccccc2n1C. The number of benzene rings is 1. The van der Waals surface area contributed by atoms with Gasteiger partial charge >= 0.3 is 0 Å². The third kappa shape index (κ3) is 2.18. The fourth-order valence-corrected chi connectivity index (χ4v) is 2.35. The van der Waals surface area contributed by atoms with Crippen molar-refractivity contribution in [1.29, 1.82) is 0 Å². The van der Waals surface area contributed by atoms with E-state index < -0.39 is 0 Å². The molecule has 2 heterocycles. The highest BCUT2D eigenvalue weighted by Crippen LogP contribution is 2.19. The Balaban J connectivity index is 1.80. The van der Waals surface area contributed by atoms with Crippen molar-refractivity contribution >= 4 is 11.0 Å². The lowest BCUT2D eigenvalue weighted by Gasteiger charge is -2.13. The highest BCUT2D eigenvalue weighted by Gasteiger charge is 2.14. The van der Waals surface area contributed by atoms with Crippen molar-refractivity contribution in [2.45, 2.75) is 19.5 Å². The zero-order chi connectivity index (χ0) is 14.1. The Morgan fingerprint density at radius 2 is 2.05 bits per heavy atom. The van der Waals surface area contributed by atoms with E-state index in [0.717, 1.165) is 22.7 Å². The molecule has 6 nitrogen and oxygen atoms in total. The molecule has 0 aliphatic carbocycles. The molecule has 0 saturated heterocycles. The fraction of sp³-hybridized carbons (Fsp3) is 0.357. The molecule has 2 aromatic heterocycles. The smallest absolute Gasteiger partial charge is 0.146 e. The molecule has 0 fully saturated rings. The number of imidazole rings is 1. The Morgan fingerprint density at radius 1 is 1.25 bits per heavy atom. The Kier molecular flexibility index (Phi) is 3.23. The predicted molar refractivity (Wildman–Crippen MR) is 77.0 cm³/mol. The molecule has 3 aromatic rings. The van der Waals surface area contributed by atoms with Crippen LogP contribution < -0.4 is 5.32 Å². The van der Waals surface area contributed by atoms with Gasteiger partial charge in [0.1, 0.15) is 18.0 Å². The van der Waals surface area contributed by atoms with Gasteiger partial charge in [0.05, 0.1) is 23.6 Å². The summed E-state index contributed by atoms with van der Waals surface area (Å²) in [6, 6.07) is 8.31. The maximum absolute atomic E-state index is 4.69. The largest absolute Gasteiger partial charge is 0.330 e. The molecule has 1 unspecified atom stereocenters. The van der Waals surface area contributed by atoms with Crippen molar-refractivity contribution in [2.24, 2.45) is 14.1 Å². The molecule has 20 heavy (non-hydrogen) atoms. The molecule has 0 saturated carbocycles. The predicted octanol–water partition coefficient (Wildman–Crippen LogP) is 1.55. The van der Waals surface area contributed by atoms with Crippen LogP contribution in [0.5, 0.6) is 0 Å². The maximum Gasteiger partial charge on any atom is 0.146 e.